The van der Waals surface area contributed by atoms with Crippen LogP contribution in [0.15, 0.2) is 16.8 Å². The summed E-state index contributed by atoms with van der Waals surface area (Å²) in [6.07, 6.45) is 8.42. The molecule has 1 aromatic heterocycles. The van der Waals surface area contributed by atoms with Crippen LogP contribution in [0.2, 0.25) is 0 Å². The lowest BCUT2D eigenvalue weighted by Gasteiger charge is -2.26. The normalized spacial score (nSPS) is 25.0. The summed E-state index contributed by atoms with van der Waals surface area (Å²) in [7, 11) is 0. The van der Waals surface area contributed by atoms with Gasteiger partial charge in [-0.1, -0.05) is 32.6 Å². The van der Waals surface area contributed by atoms with Gasteiger partial charge in [0.15, 0.2) is 0 Å². The molecule has 2 heteroatoms. The monoisotopic (exact) mass is 251 g/mol. The number of nitrogens with one attached hydrogen (secondary N) is 1. The molecule has 1 saturated carbocycles. The van der Waals surface area contributed by atoms with E-state index >= 15 is 0 Å². The van der Waals surface area contributed by atoms with Gasteiger partial charge in [-0.2, -0.15) is 11.3 Å². The highest BCUT2D eigenvalue weighted by Gasteiger charge is 2.17. The van der Waals surface area contributed by atoms with Gasteiger partial charge in [-0.3, -0.25) is 0 Å². The Morgan fingerprint density at radius 2 is 2.06 bits per heavy atom. The van der Waals surface area contributed by atoms with E-state index in [0.717, 1.165) is 18.4 Å². The maximum absolute atomic E-state index is 3.59. The summed E-state index contributed by atoms with van der Waals surface area (Å²) in [5.41, 5.74) is 1.48. The van der Waals surface area contributed by atoms with E-state index in [1.165, 1.54) is 50.6 Å². The topological polar surface area (TPSA) is 12.0 Å². The van der Waals surface area contributed by atoms with Crippen LogP contribution in [0, 0.1) is 11.8 Å². The van der Waals surface area contributed by atoms with Gasteiger partial charge < -0.3 is 5.32 Å². The van der Waals surface area contributed by atoms with E-state index in [-0.39, 0.29) is 0 Å². The van der Waals surface area contributed by atoms with Crippen molar-refractivity contribution < 1.29 is 0 Å². The van der Waals surface area contributed by atoms with E-state index in [4.69, 9.17) is 0 Å². The minimum atomic E-state index is 0.984. The van der Waals surface area contributed by atoms with Crippen LogP contribution in [0.25, 0.3) is 0 Å². The zero-order chi connectivity index (χ0) is 11.9. The summed E-state index contributed by atoms with van der Waals surface area (Å²) in [5.74, 6) is 1.98. The summed E-state index contributed by atoms with van der Waals surface area (Å²) < 4.78 is 0. The molecule has 0 atom stereocenters. The average molecular weight is 251 g/mol. The zero-order valence-electron chi connectivity index (χ0n) is 11.0. The highest BCUT2D eigenvalue weighted by molar-refractivity contribution is 7.07. The number of rotatable bonds is 6. The molecule has 0 spiro atoms. The van der Waals surface area contributed by atoms with Crippen LogP contribution < -0.4 is 5.32 Å². The zero-order valence-corrected chi connectivity index (χ0v) is 11.8. The summed E-state index contributed by atoms with van der Waals surface area (Å²) in [4.78, 5) is 0. The second-order valence-corrected chi connectivity index (χ2v) is 6.33. The lowest BCUT2D eigenvalue weighted by molar-refractivity contribution is 0.275. The van der Waals surface area contributed by atoms with Crippen molar-refractivity contribution >= 4 is 11.3 Å². The Balaban J connectivity index is 1.49. The fourth-order valence-corrected chi connectivity index (χ4v) is 3.42. The first-order valence-corrected chi connectivity index (χ1v) is 8.00. The van der Waals surface area contributed by atoms with E-state index in [2.05, 4.69) is 29.1 Å². The fraction of sp³-hybridized carbons (Fsp3) is 0.733. The highest BCUT2D eigenvalue weighted by atomic mass is 32.1. The van der Waals surface area contributed by atoms with E-state index in [1.54, 1.807) is 11.3 Å². The molecule has 0 aromatic carbocycles. The molecule has 0 aliphatic heterocycles. The molecule has 1 heterocycles. The van der Waals surface area contributed by atoms with Gasteiger partial charge >= 0.3 is 0 Å². The standard InChI is InChI=1S/C15H25NS/c1-13-2-4-14(5-3-13)6-9-16-10-7-15-8-11-17-12-15/h8,11-14,16H,2-7,9-10H2,1H3. The van der Waals surface area contributed by atoms with Crippen molar-refractivity contribution in [3.63, 3.8) is 0 Å². The smallest absolute Gasteiger partial charge is 0.000806 e. The molecule has 1 N–H and O–H groups in total. The first-order valence-electron chi connectivity index (χ1n) is 7.06. The number of hydrogen-bond donors (Lipinski definition) is 1. The van der Waals surface area contributed by atoms with Crippen molar-refractivity contribution in [3.8, 4) is 0 Å². The maximum atomic E-state index is 3.59. The Hall–Kier alpha value is -0.340. The van der Waals surface area contributed by atoms with E-state index in [0.29, 0.717) is 0 Å². The molecule has 1 aliphatic rings. The van der Waals surface area contributed by atoms with Crippen molar-refractivity contribution in [2.45, 2.75) is 45.4 Å². The van der Waals surface area contributed by atoms with Gasteiger partial charge in [-0.25, -0.2) is 0 Å². The van der Waals surface area contributed by atoms with Gasteiger partial charge in [0.05, 0.1) is 0 Å². The maximum Gasteiger partial charge on any atom is -0.000806 e. The van der Waals surface area contributed by atoms with Gasteiger partial charge in [0.25, 0.3) is 0 Å². The van der Waals surface area contributed by atoms with Crippen LogP contribution in [-0.2, 0) is 6.42 Å². The van der Waals surface area contributed by atoms with E-state index in [9.17, 15) is 0 Å². The molecule has 17 heavy (non-hydrogen) atoms. The lowest BCUT2D eigenvalue weighted by Crippen LogP contribution is -2.22. The van der Waals surface area contributed by atoms with Crippen LogP contribution in [0.5, 0.6) is 0 Å². The molecule has 96 valence electrons. The van der Waals surface area contributed by atoms with Crippen molar-refractivity contribution in [1.82, 2.24) is 5.32 Å². The lowest BCUT2D eigenvalue weighted by atomic mass is 9.81. The minimum Gasteiger partial charge on any atom is -0.316 e. The predicted molar refractivity (Wildman–Crippen MR) is 76.6 cm³/mol. The van der Waals surface area contributed by atoms with Crippen molar-refractivity contribution in [2.75, 3.05) is 13.1 Å². The molecule has 0 saturated heterocycles. The second-order valence-electron chi connectivity index (χ2n) is 5.55. The van der Waals surface area contributed by atoms with Crippen molar-refractivity contribution in [2.24, 2.45) is 11.8 Å². The molecule has 1 aliphatic carbocycles. The Kier molecular flexibility index (Phi) is 5.53. The first-order chi connectivity index (χ1) is 8.34. The summed E-state index contributed by atoms with van der Waals surface area (Å²) in [6.45, 7) is 4.75. The fourth-order valence-electron chi connectivity index (χ4n) is 2.72. The third-order valence-corrected chi connectivity index (χ3v) is 4.77. The van der Waals surface area contributed by atoms with Gasteiger partial charge in [0.1, 0.15) is 0 Å². The Morgan fingerprint density at radius 1 is 1.24 bits per heavy atom. The summed E-state index contributed by atoms with van der Waals surface area (Å²) in [5, 5.41) is 8.01. The van der Waals surface area contributed by atoms with Crippen molar-refractivity contribution in [1.29, 1.82) is 0 Å². The Morgan fingerprint density at radius 3 is 2.76 bits per heavy atom. The molecule has 1 aromatic rings. The minimum absolute atomic E-state index is 0.984. The highest BCUT2D eigenvalue weighted by Crippen LogP contribution is 2.29. The largest absolute Gasteiger partial charge is 0.316 e. The van der Waals surface area contributed by atoms with Gasteiger partial charge in [0.2, 0.25) is 0 Å². The Bertz CT molecular complexity index is 286. The second kappa shape index (κ2) is 7.17. The molecule has 0 bridgehead atoms. The summed E-state index contributed by atoms with van der Waals surface area (Å²) >= 11 is 1.80. The van der Waals surface area contributed by atoms with Crippen molar-refractivity contribution in [3.05, 3.63) is 22.4 Å². The number of hydrogen-bond acceptors (Lipinski definition) is 2. The SMILES string of the molecule is CC1CCC(CCNCCc2ccsc2)CC1. The van der Waals surface area contributed by atoms with Crippen LogP contribution in [-0.4, -0.2) is 13.1 Å². The first kappa shape index (κ1) is 13.1. The van der Waals surface area contributed by atoms with Gasteiger partial charge in [-0.05, 0) is 60.2 Å². The molecule has 0 radical (unpaired) electrons. The van der Waals surface area contributed by atoms with E-state index in [1.807, 2.05) is 0 Å². The molecule has 0 amide bonds. The van der Waals surface area contributed by atoms with E-state index < -0.39 is 0 Å². The quantitative estimate of drug-likeness (QED) is 0.751. The van der Waals surface area contributed by atoms with Gasteiger partial charge in [0, 0.05) is 0 Å². The van der Waals surface area contributed by atoms with Crippen LogP contribution in [0.3, 0.4) is 0 Å². The third kappa shape index (κ3) is 4.81. The summed E-state index contributed by atoms with van der Waals surface area (Å²) in [6, 6.07) is 2.23. The third-order valence-electron chi connectivity index (χ3n) is 4.04. The molecular weight excluding hydrogens is 226 g/mol. The van der Waals surface area contributed by atoms with Crippen LogP contribution >= 0.6 is 11.3 Å². The molecule has 2 rings (SSSR count). The van der Waals surface area contributed by atoms with Gasteiger partial charge in [-0.15, -0.1) is 0 Å². The molecule has 1 fully saturated rings. The van der Waals surface area contributed by atoms with Crippen LogP contribution in [0.4, 0.5) is 0 Å². The average Bonchev–Trinajstić information content (AvgIpc) is 2.84. The Labute approximate surface area is 110 Å². The molecule has 0 unspecified atom stereocenters. The molecular formula is C15H25NS. The number of thiophene rings is 1. The van der Waals surface area contributed by atoms with Crippen LogP contribution in [0.1, 0.15) is 44.6 Å². The molecule has 1 nitrogen and oxygen atoms in total. The predicted octanol–water partition coefficient (Wildman–Crippen LogP) is 4.10.